The molecule has 0 radical (unpaired) electrons. The SMILES string of the molecule is C=C(C(N)=O)C(=O)NCO. The van der Waals surface area contributed by atoms with Gasteiger partial charge in [0, 0.05) is 0 Å². The van der Waals surface area contributed by atoms with E-state index in [-0.39, 0.29) is 5.57 Å². The molecule has 0 aromatic rings. The first-order valence-corrected chi connectivity index (χ1v) is 2.47. The summed E-state index contributed by atoms with van der Waals surface area (Å²) in [6, 6.07) is 0. The van der Waals surface area contributed by atoms with Crippen molar-refractivity contribution in [2.45, 2.75) is 0 Å². The van der Waals surface area contributed by atoms with Gasteiger partial charge in [-0.3, -0.25) is 9.59 Å². The summed E-state index contributed by atoms with van der Waals surface area (Å²) < 4.78 is 0. The van der Waals surface area contributed by atoms with E-state index in [1.54, 1.807) is 0 Å². The van der Waals surface area contributed by atoms with Crippen LogP contribution in [0.25, 0.3) is 0 Å². The van der Waals surface area contributed by atoms with Crippen LogP contribution in [0, 0.1) is 0 Å². The Morgan fingerprint density at radius 2 is 2.10 bits per heavy atom. The van der Waals surface area contributed by atoms with Crippen molar-refractivity contribution in [3.63, 3.8) is 0 Å². The highest BCUT2D eigenvalue weighted by Crippen LogP contribution is 1.85. The minimum atomic E-state index is -0.897. The Labute approximate surface area is 57.5 Å². The molecule has 4 N–H and O–H groups in total. The molecule has 0 fully saturated rings. The molecule has 0 unspecified atom stereocenters. The number of rotatable bonds is 3. The molecule has 0 atom stereocenters. The van der Waals surface area contributed by atoms with Crippen LogP contribution in [0.4, 0.5) is 0 Å². The third-order valence-electron chi connectivity index (χ3n) is 0.811. The molecule has 2 amide bonds. The number of amides is 2. The number of aliphatic hydroxyl groups is 1. The molecule has 0 aliphatic rings. The maximum absolute atomic E-state index is 10.5. The van der Waals surface area contributed by atoms with Crippen molar-refractivity contribution < 1.29 is 14.7 Å². The molecule has 56 valence electrons. The first kappa shape index (κ1) is 8.64. The molecule has 0 aromatic carbocycles. The number of hydrogen-bond acceptors (Lipinski definition) is 3. The second-order valence-corrected chi connectivity index (χ2v) is 1.51. The standard InChI is InChI=1S/C5H8N2O3/c1-3(4(6)9)5(10)7-2-8/h8H,1-2H2,(H2,6,9)(H,7,10). The van der Waals surface area contributed by atoms with Gasteiger partial charge in [0.15, 0.2) is 0 Å². The van der Waals surface area contributed by atoms with Gasteiger partial charge in [-0.05, 0) is 0 Å². The summed E-state index contributed by atoms with van der Waals surface area (Å²) in [6.45, 7) is 2.54. The molecule has 0 saturated carbocycles. The molecule has 0 spiro atoms. The van der Waals surface area contributed by atoms with E-state index in [1.807, 2.05) is 5.32 Å². The second-order valence-electron chi connectivity index (χ2n) is 1.51. The van der Waals surface area contributed by atoms with Gasteiger partial charge in [0.05, 0.1) is 5.57 Å². The Bertz CT molecular complexity index is 176. The molecule has 0 aliphatic heterocycles. The second kappa shape index (κ2) is 3.62. The summed E-state index contributed by atoms with van der Waals surface area (Å²) in [5, 5.41) is 10.1. The predicted molar refractivity (Wildman–Crippen MR) is 33.6 cm³/mol. The number of primary amides is 1. The zero-order chi connectivity index (χ0) is 8.15. The normalized spacial score (nSPS) is 8.50. The fraction of sp³-hybridized carbons (Fsp3) is 0.200. The van der Waals surface area contributed by atoms with Gasteiger partial charge < -0.3 is 16.2 Å². The Hall–Kier alpha value is -1.36. The van der Waals surface area contributed by atoms with Crippen LogP contribution < -0.4 is 11.1 Å². The van der Waals surface area contributed by atoms with Gasteiger partial charge in [0.25, 0.3) is 11.8 Å². The van der Waals surface area contributed by atoms with E-state index in [4.69, 9.17) is 5.11 Å². The Morgan fingerprint density at radius 1 is 1.60 bits per heavy atom. The topological polar surface area (TPSA) is 92.4 Å². The van der Waals surface area contributed by atoms with Gasteiger partial charge in [0.1, 0.15) is 6.73 Å². The fourth-order valence-corrected chi connectivity index (χ4v) is 0.290. The van der Waals surface area contributed by atoms with E-state index < -0.39 is 18.5 Å². The van der Waals surface area contributed by atoms with Crippen LogP contribution in [0.3, 0.4) is 0 Å². The van der Waals surface area contributed by atoms with Crippen molar-refractivity contribution in [3.8, 4) is 0 Å². The molecular weight excluding hydrogens is 136 g/mol. The van der Waals surface area contributed by atoms with Crippen LogP contribution in [0.15, 0.2) is 12.2 Å². The molecule has 0 saturated heterocycles. The minimum absolute atomic E-state index is 0.367. The Morgan fingerprint density at radius 3 is 2.40 bits per heavy atom. The molecule has 5 heteroatoms. The first-order chi connectivity index (χ1) is 4.59. The van der Waals surface area contributed by atoms with Crippen LogP contribution in [-0.2, 0) is 9.59 Å². The highest BCUT2D eigenvalue weighted by Gasteiger charge is 2.09. The van der Waals surface area contributed by atoms with E-state index in [0.717, 1.165) is 0 Å². The molecule has 0 rings (SSSR count). The molecule has 0 heterocycles. The maximum atomic E-state index is 10.5. The summed E-state index contributed by atoms with van der Waals surface area (Å²) >= 11 is 0. The van der Waals surface area contributed by atoms with Crippen molar-refractivity contribution in [3.05, 3.63) is 12.2 Å². The number of carbonyl (C=O) groups is 2. The van der Waals surface area contributed by atoms with E-state index in [0.29, 0.717) is 0 Å². The lowest BCUT2D eigenvalue weighted by atomic mass is 10.3. The zero-order valence-electron chi connectivity index (χ0n) is 5.26. The van der Waals surface area contributed by atoms with Gasteiger partial charge in [-0.15, -0.1) is 0 Å². The predicted octanol–water partition coefficient (Wildman–Crippen LogP) is -1.91. The molecule has 5 nitrogen and oxygen atoms in total. The lowest BCUT2D eigenvalue weighted by Crippen LogP contribution is -2.31. The first-order valence-electron chi connectivity index (χ1n) is 2.47. The Balaban J connectivity index is 3.96. The number of carbonyl (C=O) groups excluding carboxylic acids is 2. The molecule has 0 aliphatic carbocycles. The van der Waals surface area contributed by atoms with Gasteiger partial charge in [-0.2, -0.15) is 0 Å². The summed E-state index contributed by atoms with van der Waals surface area (Å²) in [6.07, 6.45) is 0. The quantitative estimate of drug-likeness (QED) is 0.187. The fourth-order valence-electron chi connectivity index (χ4n) is 0.290. The van der Waals surface area contributed by atoms with Crippen molar-refractivity contribution >= 4 is 11.8 Å². The third kappa shape index (κ3) is 2.27. The summed E-state index contributed by atoms with van der Waals surface area (Å²) in [5.41, 5.74) is 4.32. The molecule has 0 bridgehead atoms. The van der Waals surface area contributed by atoms with E-state index in [2.05, 4.69) is 12.3 Å². The number of nitrogens with one attached hydrogen (secondary N) is 1. The number of hydrogen-bond donors (Lipinski definition) is 3. The summed E-state index contributed by atoms with van der Waals surface area (Å²) in [7, 11) is 0. The smallest absolute Gasteiger partial charge is 0.258 e. The lowest BCUT2D eigenvalue weighted by molar-refractivity contribution is -0.122. The highest BCUT2D eigenvalue weighted by atomic mass is 16.3. The molecule has 0 aromatic heterocycles. The van der Waals surface area contributed by atoms with Crippen molar-refractivity contribution in [2.75, 3.05) is 6.73 Å². The third-order valence-corrected chi connectivity index (χ3v) is 0.811. The Kier molecular flexibility index (Phi) is 3.13. The van der Waals surface area contributed by atoms with Crippen molar-refractivity contribution in [1.82, 2.24) is 5.32 Å². The lowest BCUT2D eigenvalue weighted by Gasteiger charge is -1.99. The number of nitrogens with two attached hydrogens (primary N) is 1. The van der Waals surface area contributed by atoms with Crippen LogP contribution >= 0.6 is 0 Å². The van der Waals surface area contributed by atoms with Crippen molar-refractivity contribution in [1.29, 1.82) is 0 Å². The molecular formula is C5H8N2O3. The van der Waals surface area contributed by atoms with Crippen LogP contribution in [-0.4, -0.2) is 23.7 Å². The van der Waals surface area contributed by atoms with Gasteiger partial charge in [-0.25, -0.2) is 0 Å². The zero-order valence-corrected chi connectivity index (χ0v) is 5.26. The van der Waals surface area contributed by atoms with Gasteiger partial charge in [-0.1, -0.05) is 6.58 Å². The van der Waals surface area contributed by atoms with E-state index in [1.165, 1.54) is 0 Å². The van der Waals surface area contributed by atoms with Crippen LogP contribution in [0.2, 0.25) is 0 Å². The van der Waals surface area contributed by atoms with E-state index in [9.17, 15) is 9.59 Å². The van der Waals surface area contributed by atoms with Gasteiger partial charge in [0.2, 0.25) is 0 Å². The van der Waals surface area contributed by atoms with Gasteiger partial charge >= 0.3 is 0 Å². The number of aliphatic hydroxyl groups excluding tert-OH is 1. The van der Waals surface area contributed by atoms with Crippen molar-refractivity contribution in [2.24, 2.45) is 5.73 Å². The monoisotopic (exact) mass is 144 g/mol. The summed E-state index contributed by atoms with van der Waals surface area (Å²) in [4.78, 5) is 20.7. The van der Waals surface area contributed by atoms with Crippen LogP contribution in [0.5, 0.6) is 0 Å². The minimum Gasteiger partial charge on any atom is -0.376 e. The average Bonchev–Trinajstić information content (AvgIpc) is 1.87. The summed E-state index contributed by atoms with van der Waals surface area (Å²) in [5.74, 6) is -1.65. The molecule has 10 heavy (non-hydrogen) atoms. The maximum Gasteiger partial charge on any atom is 0.258 e. The highest BCUT2D eigenvalue weighted by molar-refractivity contribution is 6.17. The average molecular weight is 144 g/mol. The largest absolute Gasteiger partial charge is 0.376 e. The van der Waals surface area contributed by atoms with E-state index >= 15 is 0 Å². The van der Waals surface area contributed by atoms with Crippen LogP contribution in [0.1, 0.15) is 0 Å².